The molecule has 3 nitrogen and oxygen atoms in total. The van der Waals surface area contributed by atoms with E-state index in [0.717, 1.165) is 66.7 Å². The average molecular weight is 734 g/mol. The zero-order valence-electron chi connectivity index (χ0n) is 32.4. The minimum atomic E-state index is -0.226. The number of rotatable bonds is 4. The Hall–Kier alpha value is -6.84. The summed E-state index contributed by atoms with van der Waals surface area (Å²) in [4.78, 5) is 2.43. The SMILES string of the molecule is CC1(C)c2ccccc2-c2ccc(N(c3ccc(-c4cccc5c4oc4ccccc45)cc3)c3ccc4c(c3)C(C)(C)c3ccc5c(oc6ccccc65)c3-4)cc21. The predicted octanol–water partition coefficient (Wildman–Crippen LogP) is 15.2. The second-order valence-electron chi connectivity index (χ2n) is 16.9. The van der Waals surface area contributed by atoms with Crippen LogP contribution in [-0.2, 0) is 10.8 Å². The Balaban J connectivity index is 1.03. The molecule has 272 valence electrons. The van der Waals surface area contributed by atoms with Gasteiger partial charge in [-0.15, -0.1) is 0 Å². The summed E-state index contributed by atoms with van der Waals surface area (Å²) < 4.78 is 13.1. The fourth-order valence-corrected chi connectivity index (χ4v) is 10.2. The van der Waals surface area contributed by atoms with Gasteiger partial charge in [-0.05, 0) is 93.0 Å². The maximum atomic E-state index is 6.62. The molecule has 0 spiro atoms. The van der Waals surface area contributed by atoms with E-state index in [2.05, 4.69) is 178 Å². The third kappa shape index (κ3) is 4.43. The topological polar surface area (TPSA) is 29.5 Å². The first-order valence-corrected chi connectivity index (χ1v) is 19.9. The summed E-state index contributed by atoms with van der Waals surface area (Å²) in [5.74, 6) is 0. The first kappa shape index (κ1) is 32.4. The quantitative estimate of drug-likeness (QED) is 0.180. The van der Waals surface area contributed by atoms with E-state index in [1.54, 1.807) is 0 Å². The van der Waals surface area contributed by atoms with Crippen LogP contribution in [0.3, 0.4) is 0 Å². The van der Waals surface area contributed by atoms with Crippen LogP contribution >= 0.6 is 0 Å². The van der Waals surface area contributed by atoms with Crippen molar-refractivity contribution in [3.63, 3.8) is 0 Å². The maximum Gasteiger partial charge on any atom is 0.143 e. The zero-order chi connectivity index (χ0) is 38.2. The van der Waals surface area contributed by atoms with Crippen molar-refractivity contribution >= 4 is 60.9 Å². The summed E-state index contributed by atoms with van der Waals surface area (Å²) in [7, 11) is 0. The summed E-state index contributed by atoms with van der Waals surface area (Å²) in [6.07, 6.45) is 0. The van der Waals surface area contributed by atoms with E-state index < -0.39 is 0 Å². The highest BCUT2D eigenvalue weighted by Gasteiger charge is 2.39. The molecule has 2 aliphatic rings. The molecule has 0 N–H and O–H groups in total. The predicted molar refractivity (Wildman–Crippen MR) is 236 cm³/mol. The van der Waals surface area contributed by atoms with Crippen LogP contribution in [0.5, 0.6) is 0 Å². The Morgan fingerprint density at radius 3 is 1.63 bits per heavy atom. The van der Waals surface area contributed by atoms with Crippen LogP contribution < -0.4 is 4.90 Å². The Labute approximate surface area is 331 Å². The van der Waals surface area contributed by atoms with E-state index in [4.69, 9.17) is 8.83 Å². The number of fused-ring (bicyclic) bond motifs is 13. The van der Waals surface area contributed by atoms with E-state index in [0.29, 0.717) is 0 Å². The first-order chi connectivity index (χ1) is 27.8. The minimum Gasteiger partial charge on any atom is -0.455 e. The van der Waals surface area contributed by atoms with Gasteiger partial charge in [-0.25, -0.2) is 0 Å². The third-order valence-electron chi connectivity index (χ3n) is 13.1. The summed E-state index contributed by atoms with van der Waals surface area (Å²) in [6.45, 7) is 9.41. The molecule has 0 amide bonds. The molecule has 2 aliphatic carbocycles. The lowest BCUT2D eigenvalue weighted by atomic mass is 9.82. The van der Waals surface area contributed by atoms with Gasteiger partial charge in [-0.2, -0.15) is 0 Å². The maximum absolute atomic E-state index is 6.62. The van der Waals surface area contributed by atoms with Crippen molar-refractivity contribution in [2.24, 2.45) is 0 Å². The lowest BCUT2D eigenvalue weighted by Gasteiger charge is -2.30. The summed E-state index contributed by atoms with van der Waals surface area (Å²) >= 11 is 0. The van der Waals surface area contributed by atoms with E-state index in [9.17, 15) is 0 Å². The second-order valence-corrected chi connectivity index (χ2v) is 16.9. The van der Waals surface area contributed by atoms with Crippen molar-refractivity contribution in [3.05, 3.63) is 186 Å². The van der Waals surface area contributed by atoms with Crippen molar-refractivity contribution in [1.29, 1.82) is 0 Å². The van der Waals surface area contributed by atoms with E-state index in [1.165, 1.54) is 49.9 Å². The number of hydrogen-bond donors (Lipinski definition) is 0. The monoisotopic (exact) mass is 733 g/mol. The smallest absolute Gasteiger partial charge is 0.143 e. The molecule has 8 aromatic carbocycles. The molecule has 0 fully saturated rings. The van der Waals surface area contributed by atoms with Crippen molar-refractivity contribution < 1.29 is 8.83 Å². The van der Waals surface area contributed by atoms with Crippen LogP contribution in [0.4, 0.5) is 17.1 Å². The number of anilines is 3. The van der Waals surface area contributed by atoms with Gasteiger partial charge in [-0.1, -0.05) is 143 Å². The molecular weight excluding hydrogens is 695 g/mol. The molecule has 2 heterocycles. The fraction of sp³-hybridized carbons (Fsp3) is 0.111. The summed E-state index contributed by atoms with van der Waals surface area (Å²) in [5.41, 5.74) is 19.4. The molecule has 3 heteroatoms. The van der Waals surface area contributed by atoms with Gasteiger partial charge in [0.05, 0.1) is 0 Å². The Bertz CT molecular complexity index is 3300. The lowest BCUT2D eigenvalue weighted by Crippen LogP contribution is -2.18. The molecule has 0 aliphatic heterocycles. The fourth-order valence-electron chi connectivity index (χ4n) is 10.2. The van der Waals surface area contributed by atoms with Gasteiger partial charge in [0.1, 0.15) is 22.3 Å². The summed E-state index contributed by atoms with van der Waals surface area (Å²) in [5, 5.41) is 4.60. The number of benzene rings is 8. The van der Waals surface area contributed by atoms with Crippen LogP contribution in [0.2, 0.25) is 0 Å². The molecule has 0 radical (unpaired) electrons. The van der Waals surface area contributed by atoms with Gasteiger partial charge in [-0.3, -0.25) is 0 Å². The standard InChI is InChI=1S/C54H39NO2/c1-53(2)44-17-8-5-12-37(44)38-26-24-34(30-46(38)53)55(33-22-20-32(21-23-33)36-15-11-16-41-39-13-6-9-18-48(39)56-51(36)41)35-25-27-43-47(31-35)54(3,4)45-29-28-42-40-14-7-10-19-49(40)57-52(42)50(43)45/h5-31H,1-4H3. The van der Waals surface area contributed by atoms with Gasteiger partial charge < -0.3 is 13.7 Å². The first-order valence-electron chi connectivity index (χ1n) is 19.9. The molecule has 12 rings (SSSR count). The lowest BCUT2D eigenvalue weighted by molar-refractivity contribution is 0.653. The van der Waals surface area contributed by atoms with Crippen LogP contribution in [0.1, 0.15) is 49.9 Å². The minimum absolute atomic E-state index is 0.123. The van der Waals surface area contributed by atoms with Crippen molar-refractivity contribution in [2.45, 2.75) is 38.5 Å². The Morgan fingerprint density at radius 2 is 0.895 bits per heavy atom. The molecule has 57 heavy (non-hydrogen) atoms. The summed E-state index contributed by atoms with van der Waals surface area (Å²) in [6, 6.07) is 59.6. The van der Waals surface area contributed by atoms with Crippen LogP contribution in [0, 0.1) is 0 Å². The molecule has 0 saturated carbocycles. The normalized spacial score (nSPS) is 14.6. The third-order valence-corrected chi connectivity index (χ3v) is 13.1. The Morgan fingerprint density at radius 1 is 0.368 bits per heavy atom. The highest BCUT2D eigenvalue weighted by atomic mass is 16.3. The van der Waals surface area contributed by atoms with Crippen LogP contribution in [0.15, 0.2) is 173 Å². The molecule has 10 aromatic rings. The van der Waals surface area contributed by atoms with Crippen molar-refractivity contribution in [3.8, 4) is 33.4 Å². The van der Waals surface area contributed by atoms with Crippen molar-refractivity contribution in [2.75, 3.05) is 4.90 Å². The highest BCUT2D eigenvalue weighted by Crippen LogP contribution is 2.55. The molecular formula is C54H39NO2. The van der Waals surface area contributed by atoms with Gasteiger partial charge in [0.2, 0.25) is 0 Å². The van der Waals surface area contributed by atoms with E-state index >= 15 is 0 Å². The van der Waals surface area contributed by atoms with Gasteiger partial charge in [0.25, 0.3) is 0 Å². The average Bonchev–Trinajstić information content (AvgIpc) is 3.94. The van der Waals surface area contributed by atoms with Gasteiger partial charge in [0.15, 0.2) is 0 Å². The molecule has 0 unspecified atom stereocenters. The van der Waals surface area contributed by atoms with Gasteiger partial charge in [0, 0.05) is 60.6 Å². The van der Waals surface area contributed by atoms with Gasteiger partial charge >= 0.3 is 0 Å². The zero-order valence-corrected chi connectivity index (χ0v) is 32.4. The molecule has 0 saturated heterocycles. The van der Waals surface area contributed by atoms with Crippen LogP contribution in [0.25, 0.3) is 77.3 Å². The largest absolute Gasteiger partial charge is 0.455 e. The number of furan rings is 2. The number of nitrogens with zero attached hydrogens (tertiary/aromatic N) is 1. The number of hydrogen-bond acceptors (Lipinski definition) is 3. The number of para-hydroxylation sites is 3. The van der Waals surface area contributed by atoms with E-state index in [-0.39, 0.29) is 10.8 Å². The molecule has 0 bridgehead atoms. The highest BCUT2D eigenvalue weighted by molar-refractivity contribution is 6.12. The van der Waals surface area contributed by atoms with Crippen molar-refractivity contribution in [1.82, 2.24) is 0 Å². The molecule has 2 aromatic heterocycles. The van der Waals surface area contributed by atoms with Crippen LogP contribution in [-0.4, -0.2) is 0 Å². The molecule has 0 atom stereocenters. The van der Waals surface area contributed by atoms with E-state index in [1.807, 2.05) is 18.2 Å². The Kier molecular flexibility index (Phi) is 6.46. The second kappa shape index (κ2) is 11.4.